The van der Waals surface area contributed by atoms with Gasteiger partial charge in [-0.1, -0.05) is 47.6 Å². The molecule has 1 fully saturated rings. The summed E-state index contributed by atoms with van der Waals surface area (Å²) in [5.41, 5.74) is -0.493. The van der Waals surface area contributed by atoms with Crippen LogP contribution in [-0.4, -0.2) is 27.8 Å². The molecule has 0 spiro atoms. The molecule has 2 rings (SSSR count). The van der Waals surface area contributed by atoms with Crippen molar-refractivity contribution in [3.63, 3.8) is 0 Å². The highest BCUT2D eigenvalue weighted by Gasteiger charge is 2.49. The van der Waals surface area contributed by atoms with Gasteiger partial charge >= 0.3 is 7.12 Å². The molecule has 100 valence electrons. The molecule has 19 heavy (non-hydrogen) atoms. The lowest BCUT2D eigenvalue weighted by atomic mass is 9.90. The van der Waals surface area contributed by atoms with E-state index < -0.39 is 0 Å². The lowest BCUT2D eigenvalue weighted by Crippen LogP contribution is -2.41. The van der Waals surface area contributed by atoms with Crippen LogP contribution in [0.4, 0.5) is 0 Å². The van der Waals surface area contributed by atoms with Crippen LogP contribution in [0.15, 0.2) is 42.4 Å². The van der Waals surface area contributed by atoms with Crippen molar-refractivity contribution in [1.29, 1.82) is 0 Å². The van der Waals surface area contributed by atoms with Crippen LogP contribution in [0.5, 0.6) is 0 Å². The van der Waals surface area contributed by atoms with Crippen LogP contribution in [0.2, 0.25) is 6.04 Å². The first-order valence-electron chi connectivity index (χ1n) is 6.72. The molecule has 0 aromatic heterocycles. The maximum Gasteiger partial charge on any atom is 0.486 e. The summed E-state index contributed by atoms with van der Waals surface area (Å²) >= 11 is 0. The van der Waals surface area contributed by atoms with Gasteiger partial charge < -0.3 is 9.31 Å². The van der Waals surface area contributed by atoms with E-state index in [1.54, 1.807) is 0 Å². The van der Waals surface area contributed by atoms with Crippen molar-refractivity contribution in [2.24, 2.45) is 0 Å². The molecule has 0 saturated carbocycles. The molecule has 0 unspecified atom stereocenters. The minimum atomic E-state index is -0.246. The number of hydrogen-bond donors (Lipinski definition) is 0. The Morgan fingerprint density at radius 2 is 1.63 bits per heavy atom. The molecule has 1 heterocycles. The number of benzene rings is 1. The summed E-state index contributed by atoms with van der Waals surface area (Å²) in [6.07, 6.45) is 2.16. The number of hydrogen-bond acceptors (Lipinski definition) is 2. The third kappa shape index (κ3) is 3.59. The van der Waals surface area contributed by atoms with Crippen LogP contribution < -0.4 is 5.19 Å². The zero-order valence-electron chi connectivity index (χ0n) is 12.1. The third-order valence-corrected chi connectivity index (χ3v) is 4.94. The van der Waals surface area contributed by atoms with Crippen molar-refractivity contribution in [3.05, 3.63) is 42.4 Å². The standard InChI is InChI=1S/C15H21BO2Si/c1-14(2)15(3,4)18-16(17-14)11-8-12-19-13-9-6-5-7-10-13/h5-11H,12H2,1-4H3/b11-8-. The monoisotopic (exact) mass is 272 g/mol. The fraction of sp³-hybridized carbons (Fsp3) is 0.467. The van der Waals surface area contributed by atoms with Crippen molar-refractivity contribution in [1.82, 2.24) is 0 Å². The van der Waals surface area contributed by atoms with Crippen LogP contribution >= 0.6 is 0 Å². The summed E-state index contributed by atoms with van der Waals surface area (Å²) in [4.78, 5) is 0. The summed E-state index contributed by atoms with van der Waals surface area (Å²) < 4.78 is 11.8. The van der Waals surface area contributed by atoms with E-state index in [9.17, 15) is 0 Å². The van der Waals surface area contributed by atoms with Crippen molar-refractivity contribution in [2.75, 3.05) is 0 Å². The Balaban J connectivity index is 1.82. The Morgan fingerprint density at radius 3 is 2.21 bits per heavy atom. The fourth-order valence-corrected chi connectivity index (χ4v) is 2.80. The summed E-state index contributed by atoms with van der Waals surface area (Å²) in [6, 6.07) is 11.6. The van der Waals surface area contributed by atoms with E-state index in [4.69, 9.17) is 9.31 Å². The van der Waals surface area contributed by atoms with Gasteiger partial charge in [-0.25, -0.2) is 0 Å². The number of allylic oxidation sites excluding steroid dienone is 1. The summed E-state index contributed by atoms with van der Waals surface area (Å²) in [7, 11) is 0.584. The Hall–Kier alpha value is -0.838. The summed E-state index contributed by atoms with van der Waals surface area (Å²) in [5, 5.41) is 1.39. The van der Waals surface area contributed by atoms with Gasteiger partial charge in [0.15, 0.2) is 0 Å². The van der Waals surface area contributed by atoms with Crippen LogP contribution in [0, 0.1) is 0 Å². The third-order valence-electron chi connectivity index (χ3n) is 3.76. The average Bonchev–Trinajstić information content (AvgIpc) is 2.55. The molecule has 1 aliphatic heterocycles. The molecule has 1 aromatic rings. The molecular weight excluding hydrogens is 251 g/mol. The summed E-state index contributed by atoms with van der Waals surface area (Å²) in [6.45, 7) is 8.30. The van der Waals surface area contributed by atoms with Gasteiger partial charge in [0.05, 0.1) is 20.7 Å². The Bertz CT molecular complexity index is 427. The van der Waals surface area contributed by atoms with Crippen LogP contribution in [0.3, 0.4) is 0 Å². The molecule has 0 amide bonds. The SMILES string of the molecule is CC1(C)OB(/C=C\C[Si]c2ccccc2)OC1(C)C. The molecule has 2 radical (unpaired) electrons. The molecule has 0 atom stereocenters. The first-order valence-corrected chi connectivity index (χ1v) is 7.93. The first kappa shape index (κ1) is 14.6. The van der Waals surface area contributed by atoms with E-state index in [1.165, 1.54) is 5.19 Å². The molecular formula is C15H21BO2Si. The van der Waals surface area contributed by atoms with Crippen molar-refractivity contribution in [3.8, 4) is 0 Å². The number of rotatable bonds is 4. The van der Waals surface area contributed by atoms with E-state index >= 15 is 0 Å². The van der Waals surface area contributed by atoms with Crippen LogP contribution in [0.25, 0.3) is 0 Å². The second-order valence-corrected chi connectivity index (χ2v) is 7.14. The Labute approximate surface area is 119 Å². The van der Waals surface area contributed by atoms with E-state index in [1.807, 2.05) is 12.0 Å². The van der Waals surface area contributed by atoms with Gasteiger partial charge in [-0.2, -0.15) is 0 Å². The van der Waals surface area contributed by atoms with Crippen molar-refractivity contribution >= 4 is 21.8 Å². The van der Waals surface area contributed by atoms with E-state index in [0.717, 1.165) is 15.6 Å². The Morgan fingerprint density at radius 1 is 1.05 bits per heavy atom. The molecule has 1 aliphatic rings. The molecule has 4 heteroatoms. The van der Waals surface area contributed by atoms with Crippen molar-refractivity contribution < 1.29 is 9.31 Å². The molecule has 0 bridgehead atoms. The lowest BCUT2D eigenvalue weighted by molar-refractivity contribution is 0.00578. The maximum absolute atomic E-state index is 5.91. The van der Waals surface area contributed by atoms with Gasteiger partial charge in [-0.15, -0.1) is 0 Å². The van der Waals surface area contributed by atoms with Gasteiger partial charge in [0.1, 0.15) is 0 Å². The van der Waals surface area contributed by atoms with Crippen molar-refractivity contribution in [2.45, 2.75) is 44.9 Å². The first-order chi connectivity index (χ1) is 8.91. The Kier molecular flexibility index (Phi) is 4.33. The molecule has 0 N–H and O–H groups in total. The normalized spacial score (nSPS) is 21.2. The average molecular weight is 272 g/mol. The van der Waals surface area contributed by atoms with E-state index in [-0.39, 0.29) is 18.3 Å². The predicted octanol–water partition coefficient (Wildman–Crippen LogP) is 2.62. The van der Waals surface area contributed by atoms with E-state index in [2.05, 4.69) is 58.0 Å². The lowest BCUT2D eigenvalue weighted by Gasteiger charge is -2.32. The second-order valence-electron chi connectivity index (χ2n) is 5.80. The molecule has 1 saturated heterocycles. The smallest absolute Gasteiger partial charge is 0.400 e. The zero-order valence-corrected chi connectivity index (χ0v) is 13.1. The molecule has 2 nitrogen and oxygen atoms in total. The topological polar surface area (TPSA) is 18.5 Å². The van der Waals surface area contributed by atoms with E-state index in [0.29, 0.717) is 0 Å². The minimum Gasteiger partial charge on any atom is -0.400 e. The predicted molar refractivity (Wildman–Crippen MR) is 81.9 cm³/mol. The fourth-order valence-electron chi connectivity index (χ4n) is 1.88. The highest BCUT2D eigenvalue weighted by molar-refractivity contribution is 6.55. The van der Waals surface area contributed by atoms with Gasteiger partial charge in [0.25, 0.3) is 0 Å². The van der Waals surface area contributed by atoms with Gasteiger partial charge in [0.2, 0.25) is 0 Å². The van der Waals surface area contributed by atoms with Gasteiger partial charge in [-0.3, -0.25) is 0 Å². The maximum atomic E-state index is 5.91. The highest BCUT2D eigenvalue weighted by atomic mass is 28.2. The van der Waals surface area contributed by atoms with Gasteiger partial charge in [0, 0.05) is 0 Å². The van der Waals surface area contributed by atoms with Gasteiger partial charge in [-0.05, 0) is 33.7 Å². The quantitative estimate of drug-likeness (QED) is 0.784. The summed E-state index contributed by atoms with van der Waals surface area (Å²) in [5.74, 6) is 2.03. The second kappa shape index (κ2) is 5.65. The van der Waals surface area contributed by atoms with Crippen LogP contribution in [0.1, 0.15) is 27.7 Å². The molecule has 0 aliphatic carbocycles. The minimum absolute atomic E-state index is 0.217. The highest BCUT2D eigenvalue weighted by Crippen LogP contribution is 2.36. The van der Waals surface area contributed by atoms with Crippen LogP contribution in [-0.2, 0) is 9.31 Å². The molecule has 1 aromatic carbocycles. The zero-order chi connectivity index (χ0) is 13.9. The largest absolute Gasteiger partial charge is 0.486 e.